The van der Waals surface area contributed by atoms with E-state index in [1.807, 2.05) is 32.9 Å². The summed E-state index contributed by atoms with van der Waals surface area (Å²) < 4.78 is 5.48. The average molecular weight is 247 g/mol. The first kappa shape index (κ1) is 13.2. The number of nitrogens with zero attached hydrogens (tertiary/aromatic N) is 1. The molecule has 0 N–H and O–H groups in total. The van der Waals surface area contributed by atoms with Crippen molar-refractivity contribution in [2.45, 2.75) is 26.9 Å². The van der Waals surface area contributed by atoms with E-state index in [2.05, 4.69) is 11.0 Å². The van der Waals surface area contributed by atoms with Crippen molar-refractivity contribution in [3.8, 4) is 0 Å². The number of carbonyl (C=O) groups excluding carboxylic acids is 1. The van der Waals surface area contributed by atoms with E-state index in [9.17, 15) is 4.79 Å². The Morgan fingerprint density at radius 1 is 1.44 bits per heavy atom. The van der Waals surface area contributed by atoms with Crippen LogP contribution in [-0.2, 0) is 4.74 Å². The van der Waals surface area contributed by atoms with Crippen molar-refractivity contribution in [1.29, 1.82) is 0 Å². The molecule has 0 bridgehead atoms. The second kappa shape index (κ2) is 5.63. The van der Waals surface area contributed by atoms with Crippen molar-refractivity contribution in [3.63, 3.8) is 0 Å². The van der Waals surface area contributed by atoms with E-state index in [1.165, 1.54) is 5.56 Å². The Morgan fingerprint density at radius 2 is 2.22 bits per heavy atom. The number of rotatable bonds is 3. The van der Waals surface area contributed by atoms with E-state index in [0.717, 1.165) is 30.8 Å². The Bertz CT molecular complexity index is 442. The highest BCUT2D eigenvalue weighted by Gasteiger charge is 2.20. The topological polar surface area (TPSA) is 29.5 Å². The van der Waals surface area contributed by atoms with Gasteiger partial charge in [-0.1, -0.05) is 23.8 Å². The minimum absolute atomic E-state index is 0.210. The molecule has 1 aromatic carbocycles. The van der Waals surface area contributed by atoms with Gasteiger partial charge in [0.1, 0.15) is 0 Å². The third kappa shape index (κ3) is 3.18. The van der Waals surface area contributed by atoms with Crippen LogP contribution >= 0.6 is 0 Å². The summed E-state index contributed by atoms with van der Waals surface area (Å²) in [5.74, 6) is 0.210. The van der Waals surface area contributed by atoms with Gasteiger partial charge in [-0.05, 0) is 26.3 Å². The van der Waals surface area contributed by atoms with Gasteiger partial charge < -0.3 is 4.74 Å². The molecule has 1 aliphatic rings. The van der Waals surface area contributed by atoms with E-state index in [1.54, 1.807) is 0 Å². The van der Waals surface area contributed by atoms with E-state index < -0.39 is 0 Å². The molecule has 0 aliphatic carbocycles. The first-order valence-corrected chi connectivity index (χ1v) is 6.50. The summed E-state index contributed by atoms with van der Waals surface area (Å²) in [6.07, 6.45) is 0.227. The number of Topliss-reactive ketones (excluding diaryl/α,β-unsaturated/α-hetero) is 1. The summed E-state index contributed by atoms with van der Waals surface area (Å²) in [6.45, 7) is 9.01. The highest BCUT2D eigenvalue weighted by Crippen LogP contribution is 2.13. The number of aryl methyl sites for hydroxylation is 2. The van der Waals surface area contributed by atoms with E-state index >= 15 is 0 Å². The van der Waals surface area contributed by atoms with Crippen LogP contribution in [0.4, 0.5) is 0 Å². The zero-order chi connectivity index (χ0) is 13.1. The fraction of sp³-hybridized carbons (Fsp3) is 0.533. The fourth-order valence-corrected chi connectivity index (χ4v) is 2.45. The lowest BCUT2D eigenvalue weighted by Gasteiger charge is -2.30. The molecule has 1 unspecified atom stereocenters. The summed E-state index contributed by atoms with van der Waals surface area (Å²) in [7, 11) is 0. The van der Waals surface area contributed by atoms with Crippen LogP contribution in [0.15, 0.2) is 18.2 Å². The molecule has 0 aromatic heterocycles. The van der Waals surface area contributed by atoms with Crippen molar-refractivity contribution < 1.29 is 9.53 Å². The summed E-state index contributed by atoms with van der Waals surface area (Å²) in [6, 6.07) is 6.01. The molecule has 3 heteroatoms. The third-order valence-corrected chi connectivity index (χ3v) is 3.37. The van der Waals surface area contributed by atoms with E-state index in [4.69, 9.17) is 4.74 Å². The van der Waals surface area contributed by atoms with Crippen molar-refractivity contribution in [1.82, 2.24) is 4.90 Å². The molecule has 0 amide bonds. The normalized spacial score (nSPS) is 20.9. The first-order chi connectivity index (χ1) is 8.56. The molecule has 1 aromatic rings. The number of hydrogen-bond donors (Lipinski definition) is 0. The van der Waals surface area contributed by atoms with Gasteiger partial charge in [-0.25, -0.2) is 0 Å². The molecule has 0 radical (unpaired) electrons. The Labute approximate surface area is 109 Å². The lowest BCUT2D eigenvalue weighted by molar-refractivity contribution is -0.0158. The predicted molar refractivity (Wildman–Crippen MR) is 72.1 cm³/mol. The maximum atomic E-state index is 12.3. The standard InChI is InChI=1S/C15H21NO2/c1-11-4-5-14(12(2)8-11)15(17)10-16-6-7-18-13(3)9-16/h4-5,8,13H,6-7,9-10H2,1-3H3. The molecule has 18 heavy (non-hydrogen) atoms. The summed E-state index contributed by atoms with van der Waals surface area (Å²) in [5, 5.41) is 0. The molecule has 0 spiro atoms. The Hall–Kier alpha value is -1.19. The molecule has 1 saturated heterocycles. The number of ether oxygens (including phenoxy) is 1. The largest absolute Gasteiger partial charge is 0.376 e. The van der Waals surface area contributed by atoms with Crippen LogP contribution in [0, 0.1) is 13.8 Å². The average Bonchev–Trinajstić information content (AvgIpc) is 2.28. The number of ketones is 1. The molecular weight excluding hydrogens is 226 g/mol. The number of carbonyl (C=O) groups is 1. The Kier molecular flexibility index (Phi) is 4.15. The SMILES string of the molecule is Cc1ccc(C(=O)CN2CCOC(C)C2)c(C)c1. The van der Waals surface area contributed by atoms with Crippen LogP contribution in [0.3, 0.4) is 0 Å². The monoisotopic (exact) mass is 247 g/mol. The quantitative estimate of drug-likeness (QED) is 0.767. The van der Waals surface area contributed by atoms with Gasteiger partial charge in [0.2, 0.25) is 0 Å². The van der Waals surface area contributed by atoms with Crippen LogP contribution < -0.4 is 0 Å². The lowest BCUT2D eigenvalue weighted by atomic mass is 10.0. The second-order valence-corrected chi connectivity index (χ2v) is 5.16. The predicted octanol–water partition coefficient (Wildman–Crippen LogP) is 2.21. The van der Waals surface area contributed by atoms with Crippen molar-refractivity contribution >= 4 is 5.78 Å². The fourth-order valence-electron chi connectivity index (χ4n) is 2.45. The minimum Gasteiger partial charge on any atom is -0.376 e. The Balaban J connectivity index is 2.03. The highest BCUT2D eigenvalue weighted by molar-refractivity contribution is 5.98. The van der Waals surface area contributed by atoms with Crippen LogP contribution in [-0.4, -0.2) is 43.0 Å². The van der Waals surface area contributed by atoms with Crippen LogP contribution in [0.2, 0.25) is 0 Å². The number of morpholine rings is 1. The van der Waals surface area contributed by atoms with Gasteiger partial charge in [0.05, 0.1) is 19.3 Å². The maximum Gasteiger partial charge on any atom is 0.177 e. The molecule has 3 nitrogen and oxygen atoms in total. The minimum atomic E-state index is 0.210. The van der Waals surface area contributed by atoms with Gasteiger partial charge in [-0.3, -0.25) is 9.69 Å². The summed E-state index contributed by atoms with van der Waals surface area (Å²) >= 11 is 0. The van der Waals surface area contributed by atoms with Gasteiger partial charge in [0.25, 0.3) is 0 Å². The summed E-state index contributed by atoms with van der Waals surface area (Å²) in [5.41, 5.74) is 3.12. The van der Waals surface area contributed by atoms with Gasteiger partial charge in [0, 0.05) is 18.7 Å². The van der Waals surface area contributed by atoms with E-state index in [0.29, 0.717) is 6.54 Å². The third-order valence-electron chi connectivity index (χ3n) is 3.37. The molecular formula is C15H21NO2. The molecule has 1 fully saturated rings. The van der Waals surface area contributed by atoms with Crippen molar-refractivity contribution in [2.24, 2.45) is 0 Å². The summed E-state index contributed by atoms with van der Waals surface area (Å²) in [4.78, 5) is 14.4. The molecule has 1 atom stereocenters. The molecule has 2 rings (SSSR count). The first-order valence-electron chi connectivity index (χ1n) is 6.50. The molecule has 1 aliphatic heterocycles. The lowest BCUT2D eigenvalue weighted by Crippen LogP contribution is -2.43. The van der Waals surface area contributed by atoms with Gasteiger partial charge in [-0.15, -0.1) is 0 Å². The smallest absolute Gasteiger partial charge is 0.177 e. The van der Waals surface area contributed by atoms with Crippen molar-refractivity contribution in [2.75, 3.05) is 26.2 Å². The maximum absolute atomic E-state index is 12.3. The second-order valence-electron chi connectivity index (χ2n) is 5.16. The Morgan fingerprint density at radius 3 is 2.89 bits per heavy atom. The zero-order valence-electron chi connectivity index (χ0n) is 11.4. The van der Waals surface area contributed by atoms with Crippen LogP contribution in [0.5, 0.6) is 0 Å². The van der Waals surface area contributed by atoms with Crippen molar-refractivity contribution in [3.05, 3.63) is 34.9 Å². The van der Waals surface area contributed by atoms with Crippen LogP contribution in [0.1, 0.15) is 28.4 Å². The molecule has 1 heterocycles. The zero-order valence-corrected chi connectivity index (χ0v) is 11.4. The van der Waals surface area contributed by atoms with Gasteiger partial charge in [0.15, 0.2) is 5.78 Å². The highest BCUT2D eigenvalue weighted by atomic mass is 16.5. The van der Waals surface area contributed by atoms with Gasteiger partial charge >= 0.3 is 0 Å². The van der Waals surface area contributed by atoms with Gasteiger partial charge in [-0.2, -0.15) is 0 Å². The van der Waals surface area contributed by atoms with Crippen LogP contribution in [0.25, 0.3) is 0 Å². The number of benzene rings is 1. The number of hydrogen-bond acceptors (Lipinski definition) is 3. The molecule has 0 saturated carbocycles. The van der Waals surface area contributed by atoms with E-state index in [-0.39, 0.29) is 11.9 Å². The molecule has 98 valence electrons.